The van der Waals surface area contributed by atoms with Gasteiger partial charge in [0.2, 0.25) is 0 Å². The van der Waals surface area contributed by atoms with Crippen LogP contribution in [0.25, 0.3) is 0 Å². The van der Waals surface area contributed by atoms with Gasteiger partial charge in [-0.25, -0.2) is 0 Å². The normalized spacial score (nSPS) is 11.4. The van der Waals surface area contributed by atoms with Gasteiger partial charge in [0, 0.05) is 39.1 Å². The van der Waals surface area contributed by atoms with Crippen LogP contribution in [0.2, 0.25) is 0 Å². The summed E-state index contributed by atoms with van der Waals surface area (Å²) >= 11 is 5.23. The third-order valence-corrected chi connectivity index (χ3v) is 4.37. The molecule has 98 valence electrons. The molecule has 2 aromatic rings. The lowest BCUT2D eigenvalue weighted by molar-refractivity contribution is 0.587. The summed E-state index contributed by atoms with van der Waals surface area (Å²) in [7, 11) is 0. The van der Waals surface area contributed by atoms with Crippen molar-refractivity contribution in [1.29, 1.82) is 0 Å². The molecule has 5 heteroatoms. The molecule has 0 aromatic carbocycles. The third-order valence-electron chi connectivity index (χ3n) is 2.69. The zero-order valence-electron chi connectivity index (χ0n) is 10.9. The van der Waals surface area contributed by atoms with E-state index in [2.05, 4.69) is 64.8 Å². The van der Waals surface area contributed by atoms with Crippen molar-refractivity contribution in [3.63, 3.8) is 0 Å². The molecule has 1 N–H and O–H groups in total. The van der Waals surface area contributed by atoms with Gasteiger partial charge in [-0.2, -0.15) is 5.10 Å². The van der Waals surface area contributed by atoms with Crippen LogP contribution in [-0.2, 0) is 13.1 Å². The van der Waals surface area contributed by atoms with E-state index in [9.17, 15) is 0 Å². The largest absolute Gasteiger partial charge is 0.310 e. The molecule has 0 saturated carbocycles. The summed E-state index contributed by atoms with van der Waals surface area (Å²) in [5.41, 5.74) is 2.39. The second-order valence-corrected chi connectivity index (χ2v) is 6.62. The highest BCUT2D eigenvalue weighted by Crippen LogP contribution is 2.20. The molecule has 0 aliphatic rings. The summed E-state index contributed by atoms with van der Waals surface area (Å²) < 4.78 is 3.17. The lowest BCUT2D eigenvalue weighted by Crippen LogP contribution is -2.21. The van der Waals surface area contributed by atoms with Gasteiger partial charge in [-0.3, -0.25) is 4.68 Å². The second kappa shape index (κ2) is 5.99. The molecule has 0 aliphatic carbocycles. The number of thiophene rings is 1. The Morgan fingerprint density at radius 3 is 2.89 bits per heavy atom. The van der Waals surface area contributed by atoms with Gasteiger partial charge in [-0.1, -0.05) is 13.8 Å². The Bertz CT molecular complexity index is 516. The maximum absolute atomic E-state index is 4.56. The number of nitrogens with zero attached hydrogens (tertiary/aromatic N) is 2. The smallest absolute Gasteiger partial charge is 0.0752 e. The van der Waals surface area contributed by atoms with Crippen LogP contribution in [0.3, 0.4) is 0 Å². The molecule has 0 spiro atoms. The third kappa shape index (κ3) is 3.67. The van der Waals surface area contributed by atoms with Crippen molar-refractivity contribution >= 4 is 27.3 Å². The number of hydrogen-bond acceptors (Lipinski definition) is 3. The first-order chi connectivity index (χ1) is 8.54. The van der Waals surface area contributed by atoms with Crippen molar-refractivity contribution in [1.82, 2.24) is 15.1 Å². The van der Waals surface area contributed by atoms with Crippen molar-refractivity contribution in [3.8, 4) is 0 Å². The minimum absolute atomic E-state index is 0.501. The maximum Gasteiger partial charge on any atom is 0.0752 e. The van der Waals surface area contributed by atoms with Gasteiger partial charge in [0.05, 0.1) is 12.2 Å². The SMILES string of the molecule is Cc1nn(Cc2cc(Br)cs2)cc1CNC(C)C. The zero-order chi connectivity index (χ0) is 13.1. The van der Waals surface area contributed by atoms with Gasteiger partial charge in [-0.15, -0.1) is 11.3 Å². The molecule has 0 saturated heterocycles. The van der Waals surface area contributed by atoms with Gasteiger partial charge in [0.1, 0.15) is 0 Å². The molecule has 0 bridgehead atoms. The van der Waals surface area contributed by atoms with Crippen LogP contribution < -0.4 is 5.32 Å². The van der Waals surface area contributed by atoms with E-state index < -0.39 is 0 Å². The standard InChI is InChI=1S/C13H18BrN3S/c1-9(2)15-5-11-6-17(16-10(11)3)7-13-4-12(14)8-18-13/h4,6,8-9,15H,5,7H2,1-3H3. The van der Waals surface area contributed by atoms with E-state index in [1.165, 1.54) is 10.4 Å². The van der Waals surface area contributed by atoms with E-state index in [4.69, 9.17) is 0 Å². The highest BCUT2D eigenvalue weighted by atomic mass is 79.9. The molecule has 0 unspecified atom stereocenters. The zero-order valence-corrected chi connectivity index (χ0v) is 13.3. The van der Waals surface area contributed by atoms with Crippen molar-refractivity contribution in [2.45, 2.75) is 39.9 Å². The number of aromatic nitrogens is 2. The summed E-state index contributed by atoms with van der Waals surface area (Å²) in [5.74, 6) is 0. The highest BCUT2D eigenvalue weighted by molar-refractivity contribution is 9.10. The Labute approximate surface area is 120 Å². The fourth-order valence-corrected chi connectivity index (χ4v) is 3.17. The van der Waals surface area contributed by atoms with Crippen molar-refractivity contribution < 1.29 is 0 Å². The molecule has 2 rings (SSSR count). The van der Waals surface area contributed by atoms with Crippen molar-refractivity contribution in [3.05, 3.63) is 38.3 Å². The molecular weight excluding hydrogens is 310 g/mol. The molecule has 2 aromatic heterocycles. The number of nitrogens with one attached hydrogen (secondary N) is 1. The Kier molecular flexibility index (Phi) is 4.59. The van der Waals surface area contributed by atoms with Gasteiger partial charge in [-0.05, 0) is 28.9 Å². The molecule has 0 amide bonds. The fraction of sp³-hybridized carbons (Fsp3) is 0.462. The predicted octanol–water partition coefficient (Wildman–Crippen LogP) is 3.56. The first-order valence-electron chi connectivity index (χ1n) is 6.04. The summed E-state index contributed by atoms with van der Waals surface area (Å²) in [6.07, 6.45) is 2.14. The summed E-state index contributed by atoms with van der Waals surface area (Å²) in [5, 5.41) is 10.1. The first kappa shape index (κ1) is 13.8. The average molecular weight is 328 g/mol. The lowest BCUT2D eigenvalue weighted by Gasteiger charge is -2.06. The highest BCUT2D eigenvalue weighted by Gasteiger charge is 2.06. The van der Waals surface area contributed by atoms with E-state index in [1.54, 1.807) is 11.3 Å². The number of hydrogen-bond donors (Lipinski definition) is 1. The predicted molar refractivity (Wildman–Crippen MR) is 80.1 cm³/mol. The quantitative estimate of drug-likeness (QED) is 0.909. The first-order valence-corrected chi connectivity index (χ1v) is 7.71. The lowest BCUT2D eigenvalue weighted by atomic mass is 10.2. The van der Waals surface area contributed by atoms with Crippen LogP contribution >= 0.6 is 27.3 Å². The molecule has 2 heterocycles. The van der Waals surface area contributed by atoms with Crippen LogP contribution in [0, 0.1) is 6.92 Å². The molecular formula is C13H18BrN3S. The number of aryl methyl sites for hydroxylation is 1. The maximum atomic E-state index is 4.56. The molecule has 0 aliphatic heterocycles. The fourth-order valence-electron chi connectivity index (χ4n) is 1.72. The minimum Gasteiger partial charge on any atom is -0.310 e. The van der Waals surface area contributed by atoms with Crippen LogP contribution in [0.4, 0.5) is 0 Å². The Hall–Kier alpha value is -0.650. The Morgan fingerprint density at radius 1 is 1.50 bits per heavy atom. The van der Waals surface area contributed by atoms with E-state index in [0.717, 1.165) is 23.3 Å². The van der Waals surface area contributed by atoms with Gasteiger partial charge in [0.25, 0.3) is 0 Å². The monoisotopic (exact) mass is 327 g/mol. The van der Waals surface area contributed by atoms with E-state index >= 15 is 0 Å². The van der Waals surface area contributed by atoms with Crippen LogP contribution in [-0.4, -0.2) is 15.8 Å². The molecule has 3 nitrogen and oxygen atoms in total. The Morgan fingerprint density at radius 2 is 2.28 bits per heavy atom. The van der Waals surface area contributed by atoms with Crippen molar-refractivity contribution in [2.75, 3.05) is 0 Å². The summed E-state index contributed by atoms with van der Waals surface area (Å²) in [6.45, 7) is 8.11. The van der Waals surface area contributed by atoms with Crippen molar-refractivity contribution in [2.24, 2.45) is 0 Å². The van der Waals surface area contributed by atoms with Gasteiger partial charge < -0.3 is 5.32 Å². The average Bonchev–Trinajstić information content (AvgIpc) is 2.83. The number of halogens is 1. The van der Waals surface area contributed by atoms with Crippen LogP contribution in [0.15, 0.2) is 22.1 Å². The number of rotatable bonds is 5. The van der Waals surface area contributed by atoms with Crippen LogP contribution in [0.5, 0.6) is 0 Å². The minimum atomic E-state index is 0.501. The molecule has 18 heavy (non-hydrogen) atoms. The van der Waals surface area contributed by atoms with E-state index in [0.29, 0.717) is 6.04 Å². The Balaban J connectivity index is 2.04. The van der Waals surface area contributed by atoms with E-state index in [1.807, 2.05) is 4.68 Å². The van der Waals surface area contributed by atoms with Crippen LogP contribution in [0.1, 0.15) is 30.0 Å². The molecule has 0 radical (unpaired) electrons. The molecule has 0 fully saturated rings. The summed E-state index contributed by atoms with van der Waals surface area (Å²) in [4.78, 5) is 1.31. The topological polar surface area (TPSA) is 29.9 Å². The van der Waals surface area contributed by atoms with Gasteiger partial charge in [0.15, 0.2) is 0 Å². The van der Waals surface area contributed by atoms with E-state index in [-0.39, 0.29) is 0 Å². The van der Waals surface area contributed by atoms with Gasteiger partial charge >= 0.3 is 0 Å². The second-order valence-electron chi connectivity index (χ2n) is 4.70. The summed E-state index contributed by atoms with van der Waals surface area (Å²) in [6, 6.07) is 2.65. The molecule has 0 atom stereocenters.